The maximum Gasteiger partial charge on any atom is 0.0345 e. The zero-order valence-corrected chi connectivity index (χ0v) is 12.7. The van der Waals surface area contributed by atoms with Crippen molar-refractivity contribution in [3.63, 3.8) is 0 Å². The summed E-state index contributed by atoms with van der Waals surface area (Å²) in [6.07, 6.45) is 4.71. The van der Waals surface area contributed by atoms with Gasteiger partial charge in [0.2, 0.25) is 0 Å². The Morgan fingerprint density at radius 3 is 2.63 bits per heavy atom. The summed E-state index contributed by atoms with van der Waals surface area (Å²) in [5.74, 6) is 1.53. The van der Waals surface area contributed by atoms with Crippen molar-refractivity contribution in [1.29, 1.82) is 0 Å². The van der Waals surface area contributed by atoms with Gasteiger partial charge in [0.15, 0.2) is 0 Å². The minimum atomic E-state index is 0.000921. The molecule has 0 spiro atoms. The Morgan fingerprint density at radius 2 is 1.89 bits per heavy atom. The number of thiophene rings is 1. The van der Waals surface area contributed by atoms with Gasteiger partial charge in [-0.15, -0.1) is 11.3 Å². The minimum absolute atomic E-state index is 0.000921. The van der Waals surface area contributed by atoms with Crippen LogP contribution in [0.2, 0.25) is 0 Å². The van der Waals surface area contributed by atoms with Crippen LogP contribution in [0, 0.1) is 11.8 Å². The summed E-state index contributed by atoms with van der Waals surface area (Å²) in [7, 11) is 0. The van der Waals surface area contributed by atoms with Gasteiger partial charge in [-0.1, -0.05) is 32.0 Å². The van der Waals surface area contributed by atoms with Crippen molar-refractivity contribution in [3.05, 3.63) is 35.2 Å². The Morgan fingerprint density at radius 1 is 1.21 bits per heavy atom. The van der Waals surface area contributed by atoms with Gasteiger partial charge < -0.3 is 5.73 Å². The van der Waals surface area contributed by atoms with Crippen molar-refractivity contribution in [2.75, 3.05) is 0 Å². The fourth-order valence-corrected chi connectivity index (χ4v) is 4.98. The first-order chi connectivity index (χ1) is 9.06. The number of hydrogen-bond donors (Lipinski definition) is 1. The monoisotopic (exact) mass is 273 g/mol. The molecule has 102 valence electrons. The second-order valence-corrected chi connectivity index (χ2v) is 7.56. The number of benzene rings is 1. The summed E-state index contributed by atoms with van der Waals surface area (Å²) in [4.78, 5) is 0. The third-order valence-electron chi connectivity index (χ3n) is 4.42. The summed E-state index contributed by atoms with van der Waals surface area (Å²) in [6, 6.07) is 8.69. The molecular weight excluding hydrogens is 250 g/mol. The van der Waals surface area contributed by atoms with Crippen molar-refractivity contribution in [2.45, 2.75) is 45.1 Å². The van der Waals surface area contributed by atoms with Crippen molar-refractivity contribution < 1.29 is 0 Å². The SMILES string of the molecule is CC1CC(C)CC(N)(Cc2csc3ccccc23)C1. The molecule has 0 bridgehead atoms. The Balaban J connectivity index is 1.87. The van der Waals surface area contributed by atoms with Crippen molar-refractivity contribution >= 4 is 21.4 Å². The lowest BCUT2D eigenvalue weighted by atomic mass is 9.70. The van der Waals surface area contributed by atoms with E-state index < -0.39 is 0 Å². The molecule has 0 aliphatic heterocycles. The molecular formula is C17H23NS. The molecule has 1 aromatic heterocycles. The average molecular weight is 273 g/mol. The van der Waals surface area contributed by atoms with Crippen LogP contribution < -0.4 is 5.73 Å². The second kappa shape index (κ2) is 4.92. The molecule has 0 amide bonds. The molecule has 0 saturated heterocycles. The molecule has 2 N–H and O–H groups in total. The van der Waals surface area contributed by atoms with E-state index in [1.807, 2.05) is 11.3 Å². The zero-order valence-electron chi connectivity index (χ0n) is 11.9. The summed E-state index contributed by atoms with van der Waals surface area (Å²) in [6.45, 7) is 4.70. The van der Waals surface area contributed by atoms with E-state index in [1.165, 1.54) is 34.9 Å². The molecule has 3 rings (SSSR count). The molecule has 1 nitrogen and oxygen atoms in total. The lowest BCUT2D eigenvalue weighted by molar-refractivity contribution is 0.182. The largest absolute Gasteiger partial charge is 0.325 e. The van der Waals surface area contributed by atoms with E-state index >= 15 is 0 Å². The van der Waals surface area contributed by atoms with Gasteiger partial charge in [-0.3, -0.25) is 0 Å². The molecule has 1 aliphatic rings. The van der Waals surface area contributed by atoms with Crippen molar-refractivity contribution in [3.8, 4) is 0 Å². The molecule has 0 radical (unpaired) electrons. The number of rotatable bonds is 2. The summed E-state index contributed by atoms with van der Waals surface area (Å²) in [5.41, 5.74) is 8.18. The highest BCUT2D eigenvalue weighted by molar-refractivity contribution is 7.17. The van der Waals surface area contributed by atoms with E-state index in [0.717, 1.165) is 18.3 Å². The summed E-state index contributed by atoms with van der Waals surface area (Å²) >= 11 is 1.85. The van der Waals surface area contributed by atoms with Gasteiger partial charge in [0.25, 0.3) is 0 Å². The van der Waals surface area contributed by atoms with Crippen LogP contribution in [0.25, 0.3) is 10.1 Å². The third kappa shape index (κ3) is 2.70. The molecule has 2 atom stereocenters. The van der Waals surface area contributed by atoms with Crippen LogP contribution >= 0.6 is 11.3 Å². The molecule has 1 saturated carbocycles. The maximum atomic E-state index is 6.73. The van der Waals surface area contributed by atoms with Gasteiger partial charge in [0.05, 0.1) is 0 Å². The third-order valence-corrected chi connectivity index (χ3v) is 5.43. The Hall–Kier alpha value is -0.860. The Kier molecular flexibility index (Phi) is 3.40. The van der Waals surface area contributed by atoms with Crippen LogP contribution in [0.1, 0.15) is 38.7 Å². The van der Waals surface area contributed by atoms with Gasteiger partial charge in [0.1, 0.15) is 0 Å². The smallest absolute Gasteiger partial charge is 0.0345 e. The fourth-order valence-electron chi connectivity index (χ4n) is 4.02. The second-order valence-electron chi connectivity index (χ2n) is 6.65. The Bertz CT molecular complexity index is 561. The van der Waals surface area contributed by atoms with E-state index in [4.69, 9.17) is 5.73 Å². The highest BCUT2D eigenvalue weighted by atomic mass is 32.1. The van der Waals surface area contributed by atoms with E-state index in [9.17, 15) is 0 Å². The van der Waals surface area contributed by atoms with E-state index in [2.05, 4.69) is 43.5 Å². The van der Waals surface area contributed by atoms with Gasteiger partial charge in [-0.25, -0.2) is 0 Å². The predicted molar refractivity (Wildman–Crippen MR) is 84.6 cm³/mol. The average Bonchev–Trinajstić information content (AvgIpc) is 2.70. The number of hydrogen-bond acceptors (Lipinski definition) is 2. The number of nitrogens with two attached hydrogens (primary N) is 1. The molecule has 1 fully saturated rings. The topological polar surface area (TPSA) is 26.0 Å². The van der Waals surface area contributed by atoms with Crippen LogP contribution in [0.3, 0.4) is 0 Å². The molecule has 2 aromatic rings. The zero-order chi connectivity index (χ0) is 13.5. The van der Waals surface area contributed by atoms with E-state index in [1.54, 1.807) is 0 Å². The lowest BCUT2D eigenvalue weighted by Gasteiger charge is -2.40. The highest BCUT2D eigenvalue weighted by Gasteiger charge is 2.34. The first-order valence-corrected chi connectivity index (χ1v) is 8.18. The first-order valence-electron chi connectivity index (χ1n) is 7.30. The number of fused-ring (bicyclic) bond motifs is 1. The first kappa shape index (κ1) is 13.1. The highest BCUT2D eigenvalue weighted by Crippen LogP contribution is 2.38. The van der Waals surface area contributed by atoms with Gasteiger partial charge >= 0.3 is 0 Å². The quantitative estimate of drug-likeness (QED) is 0.850. The van der Waals surface area contributed by atoms with Gasteiger partial charge in [-0.05, 0) is 59.9 Å². The van der Waals surface area contributed by atoms with Crippen molar-refractivity contribution in [2.24, 2.45) is 17.6 Å². The van der Waals surface area contributed by atoms with Gasteiger partial charge in [-0.2, -0.15) is 0 Å². The van der Waals surface area contributed by atoms with Crippen molar-refractivity contribution in [1.82, 2.24) is 0 Å². The molecule has 1 heterocycles. The van der Waals surface area contributed by atoms with Crippen LogP contribution in [0.5, 0.6) is 0 Å². The molecule has 1 aliphatic carbocycles. The van der Waals surface area contributed by atoms with Gasteiger partial charge in [0, 0.05) is 10.2 Å². The van der Waals surface area contributed by atoms with Crippen LogP contribution in [0.4, 0.5) is 0 Å². The lowest BCUT2D eigenvalue weighted by Crippen LogP contribution is -2.48. The minimum Gasteiger partial charge on any atom is -0.325 e. The molecule has 2 unspecified atom stereocenters. The van der Waals surface area contributed by atoms with Crippen LogP contribution in [-0.4, -0.2) is 5.54 Å². The molecule has 19 heavy (non-hydrogen) atoms. The maximum absolute atomic E-state index is 6.73. The van der Waals surface area contributed by atoms with E-state index in [-0.39, 0.29) is 5.54 Å². The molecule has 2 heteroatoms. The standard InChI is InChI=1S/C17H23NS/c1-12-7-13(2)9-17(18,8-12)10-14-11-19-16-6-4-3-5-15(14)16/h3-6,11-13H,7-10,18H2,1-2H3. The Labute approximate surface area is 119 Å². The van der Waals surface area contributed by atoms with Crippen LogP contribution in [-0.2, 0) is 6.42 Å². The predicted octanol–water partition coefficient (Wildman–Crippen LogP) is 4.60. The fraction of sp³-hybridized carbons (Fsp3) is 0.529. The van der Waals surface area contributed by atoms with Crippen LogP contribution in [0.15, 0.2) is 29.6 Å². The van der Waals surface area contributed by atoms with E-state index in [0.29, 0.717) is 0 Å². The molecule has 1 aromatic carbocycles. The normalized spacial score (nSPS) is 31.7. The summed E-state index contributed by atoms with van der Waals surface area (Å²) < 4.78 is 1.39. The summed E-state index contributed by atoms with van der Waals surface area (Å²) in [5, 5.41) is 3.71.